The van der Waals surface area contributed by atoms with Crippen molar-refractivity contribution in [2.75, 3.05) is 0 Å². The van der Waals surface area contributed by atoms with Crippen LogP contribution in [0.15, 0.2) is 69.5 Å². The third-order valence-corrected chi connectivity index (χ3v) is 8.94. The van der Waals surface area contributed by atoms with Gasteiger partial charge < -0.3 is 8.83 Å². The molecule has 0 aliphatic heterocycles. The summed E-state index contributed by atoms with van der Waals surface area (Å²) in [6, 6.07) is 21.3. The predicted molar refractivity (Wildman–Crippen MR) is 176 cm³/mol. The van der Waals surface area contributed by atoms with Crippen molar-refractivity contribution < 1.29 is 17.5 Å². The van der Waals surface area contributed by atoms with Crippen molar-refractivity contribution in [3.05, 3.63) is 88.8 Å². The Morgan fingerprint density at radius 2 is 1.49 bits per heavy atom. The predicted octanol–water partition coefficient (Wildman–Crippen LogP) is 10.1. The fourth-order valence-electron chi connectivity index (χ4n) is 6.66. The molecule has 4 aromatic carbocycles. The molecule has 5 heteroatoms. The van der Waals surface area contributed by atoms with E-state index in [1.54, 1.807) is 6.07 Å². The van der Waals surface area contributed by atoms with Crippen LogP contribution in [0, 0.1) is 13.8 Å². The lowest BCUT2D eigenvalue weighted by Crippen LogP contribution is -2.30. The second-order valence-electron chi connectivity index (χ2n) is 12.8. The smallest absolute Gasteiger partial charge is 0.299 e. The van der Waals surface area contributed by atoms with E-state index in [4.69, 9.17) is 12.9 Å². The maximum atomic E-state index is 7.85. The number of fused-ring (bicyclic) bond motifs is 6. The van der Waals surface area contributed by atoms with Crippen LogP contribution in [-0.2, 0) is 7.05 Å². The van der Waals surface area contributed by atoms with Crippen molar-refractivity contribution in [2.24, 2.45) is 7.05 Å². The molecule has 0 fully saturated rings. The first-order chi connectivity index (χ1) is 21.8. The zero-order valence-electron chi connectivity index (χ0n) is 29.2. The largest absolute Gasteiger partial charge is 0.453 e. The molecule has 0 bridgehead atoms. The molecule has 7 aromatic rings. The number of oxazole rings is 1. The Morgan fingerprint density at radius 3 is 2.16 bits per heavy atom. The van der Waals surface area contributed by atoms with Gasteiger partial charge in [0, 0.05) is 32.9 Å². The lowest BCUT2D eigenvalue weighted by molar-refractivity contribution is -0.633. The van der Waals surface area contributed by atoms with E-state index in [1.807, 2.05) is 6.07 Å². The van der Waals surface area contributed by atoms with Crippen LogP contribution in [0.3, 0.4) is 0 Å². The van der Waals surface area contributed by atoms with Crippen molar-refractivity contribution in [1.29, 1.82) is 0 Å². The van der Waals surface area contributed by atoms with Crippen molar-refractivity contribution in [3.8, 4) is 17.1 Å². The Hall–Kier alpha value is -4.38. The molecule has 0 unspecified atom stereocenters. The summed E-state index contributed by atoms with van der Waals surface area (Å²) in [6.45, 7) is 13.3. The fourth-order valence-corrected chi connectivity index (χ4v) is 6.66. The van der Waals surface area contributed by atoms with Gasteiger partial charge in [-0.05, 0) is 60.1 Å². The zero-order chi connectivity index (χ0) is 32.8. The topological polar surface area (TPSA) is 48.0 Å². The minimum absolute atomic E-state index is 0.286. The Labute approximate surface area is 257 Å². The summed E-state index contributed by atoms with van der Waals surface area (Å²) in [5, 5.41) is 1.81. The minimum atomic E-state index is -2.46. The quantitative estimate of drug-likeness (QED) is 0.193. The van der Waals surface area contributed by atoms with Crippen LogP contribution >= 0.6 is 0 Å². The highest BCUT2D eigenvalue weighted by Crippen LogP contribution is 2.43. The Bertz CT molecular complexity index is 2290. The van der Waals surface area contributed by atoms with Gasteiger partial charge in [-0.2, -0.15) is 4.57 Å². The maximum Gasteiger partial charge on any atom is 0.299 e. The van der Waals surface area contributed by atoms with E-state index in [0.29, 0.717) is 34.4 Å². The molecule has 3 heterocycles. The van der Waals surface area contributed by atoms with Gasteiger partial charge in [0.1, 0.15) is 11.3 Å². The lowest BCUT2D eigenvalue weighted by atomic mass is 9.87. The molecule has 3 aromatic heterocycles. The summed E-state index contributed by atoms with van der Waals surface area (Å²) in [4.78, 5) is 4.40. The summed E-state index contributed by atoms with van der Waals surface area (Å²) in [6.07, 6.45) is 0. The monoisotopic (exact) mass is 573 g/mol. The summed E-state index contributed by atoms with van der Waals surface area (Å²) in [5.74, 6) is 1.73. The fraction of sp³-hybridized carbons (Fsp3) is 0.316. The SMILES string of the molecule is [2H]C([2H])([2H])c1nc2c(ccc3c4ccc(C)c(-c5n(-c6c(C(C)C)cc(C(C)C)cc6C(C)C)c6ccccc6[n+]5C)c4oc32)o1. The van der Waals surface area contributed by atoms with Gasteiger partial charge >= 0.3 is 0 Å². The van der Waals surface area contributed by atoms with Gasteiger partial charge in [-0.15, -0.1) is 0 Å². The molecule has 0 atom stereocenters. The highest BCUT2D eigenvalue weighted by molar-refractivity contribution is 6.15. The molecular weight excluding hydrogens is 530 g/mol. The molecule has 218 valence electrons. The number of para-hydroxylation sites is 2. The molecule has 43 heavy (non-hydrogen) atoms. The van der Waals surface area contributed by atoms with Crippen LogP contribution in [0.1, 0.15) is 91.6 Å². The maximum absolute atomic E-state index is 7.85. The molecular formula is C38H40N3O2+. The van der Waals surface area contributed by atoms with E-state index in [0.717, 1.165) is 44.3 Å². The second-order valence-corrected chi connectivity index (χ2v) is 12.8. The van der Waals surface area contributed by atoms with Crippen LogP contribution in [0.2, 0.25) is 0 Å². The van der Waals surface area contributed by atoms with Crippen LogP contribution in [0.4, 0.5) is 0 Å². The van der Waals surface area contributed by atoms with Gasteiger partial charge in [-0.1, -0.05) is 77.9 Å². The molecule has 0 aliphatic rings. The van der Waals surface area contributed by atoms with Gasteiger partial charge in [-0.25, -0.2) is 9.55 Å². The number of aromatic nitrogens is 3. The van der Waals surface area contributed by atoms with Crippen molar-refractivity contribution in [2.45, 2.75) is 73.1 Å². The summed E-state index contributed by atoms with van der Waals surface area (Å²) in [5.41, 5.74) is 11.6. The average Bonchev–Trinajstić information content (AvgIpc) is 3.68. The lowest BCUT2D eigenvalue weighted by Gasteiger charge is -2.21. The van der Waals surface area contributed by atoms with Crippen molar-refractivity contribution in [1.82, 2.24) is 9.55 Å². The second kappa shape index (κ2) is 9.84. The van der Waals surface area contributed by atoms with Gasteiger partial charge in [0.2, 0.25) is 0 Å². The van der Waals surface area contributed by atoms with Gasteiger partial charge in [0.25, 0.3) is 5.82 Å². The zero-order valence-corrected chi connectivity index (χ0v) is 26.2. The molecule has 0 saturated carbocycles. The number of benzene rings is 4. The first kappa shape index (κ1) is 24.1. The highest BCUT2D eigenvalue weighted by Gasteiger charge is 2.34. The Kier molecular flexibility index (Phi) is 5.51. The van der Waals surface area contributed by atoms with Crippen LogP contribution in [0.5, 0.6) is 0 Å². The molecule has 7 rings (SSSR count). The van der Waals surface area contributed by atoms with Crippen LogP contribution in [-0.4, -0.2) is 9.55 Å². The molecule has 0 aliphatic carbocycles. The molecule has 0 saturated heterocycles. The van der Waals surface area contributed by atoms with Crippen molar-refractivity contribution in [3.63, 3.8) is 0 Å². The van der Waals surface area contributed by atoms with E-state index < -0.39 is 6.85 Å². The summed E-state index contributed by atoms with van der Waals surface area (Å²) in [7, 11) is 2.13. The van der Waals surface area contributed by atoms with Gasteiger partial charge in [0.15, 0.2) is 39.2 Å². The third-order valence-electron chi connectivity index (χ3n) is 8.94. The molecule has 0 amide bonds. The number of nitrogens with zero attached hydrogens (tertiary/aromatic N) is 3. The van der Waals surface area contributed by atoms with E-state index in [-0.39, 0.29) is 5.89 Å². The van der Waals surface area contributed by atoms with Crippen molar-refractivity contribution >= 4 is 44.1 Å². The first-order valence-electron chi connectivity index (χ1n) is 16.7. The number of furan rings is 1. The first-order valence-corrected chi connectivity index (χ1v) is 15.2. The van der Waals surface area contributed by atoms with Crippen LogP contribution in [0.25, 0.3) is 61.1 Å². The summed E-state index contributed by atoms with van der Waals surface area (Å²) >= 11 is 0. The molecule has 0 spiro atoms. The number of rotatable bonds is 5. The van der Waals surface area contributed by atoms with E-state index in [2.05, 4.69) is 118 Å². The molecule has 5 nitrogen and oxygen atoms in total. The number of imidazole rings is 1. The Morgan fingerprint density at radius 1 is 0.814 bits per heavy atom. The summed E-state index contributed by atoms with van der Waals surface area (Å²) < 4.78 is 40.7. The van der Waals surface area contributed by atoms with Crippen LogP contribution < -0.4 is 4.57 Å². The highest BCUT2D eigenvalue weighted by atomic mass is 16.4. The van der Waals surface area contributed by atoms with E-state index >= 15 is 0 Å². The van der Waals surface area contributed by atoms with E-state index in [9.17, 15) is 0 Å². The number of hydrogen-bond donors (Lipinski definition) is 0. The number of hydrogen-bond acceptors (Lipinski definition) is 3. The van der Waals surface area contributed by atoms with Gasteiger partial charge in [-0.3, -0.25) is 0 Å². The molecule has 0 N–H and O–H groups in total. The average molecular weight is 574 g/mol. The standard InChI is InChI=1S/C38H40N3O2/c1-20(2)25-18-28(21(3)4)35(29(19-25)22(5)6)41-31-13-11-10-12-30(31)40(9)38(41)33-23(7)14-15-26-27-16-17-32-34(39-24(8)42-32)37(27)43-36(26)33/h10-22H,1-9H3/q+1/i8D3. The normalized spacial score (nSPS) is 13.8. The van der Waals surface area contributed by atoms with Gasteiger partial charge in [0.05, 0.1) is 7.05 Å². The minimum Gasteiger partial charge on any atom is -0.453 e. The number of aryl methyl sites for hydroxylation is 3. The molecule has 0 radical (unpaired) electrons. The Balaban J connectivity index is 1.64. The third kappa shape index (κ3) is 4.05. The van der Waals surface area contributed by atoms with E-state index in [1.165, 1.54) is 22.4 Å².